The summed E-state index contributed by atoms with van der Waals surface area (Å²) in [7, 11) is 2.76. The van der Waals surface area contributed by atoms with Crippen LogP contribution in [0.15, 0.2) is 30.3 Å². The summed E-state index contributed by atoms with van der Waals surface area (Å²) in [6.07, 6.45) is 0.571. The van der Waals surface area contributed by atoms with Crippen LogP contribution < -0.4 is 0 Å². The van der Waals surface area contributed by atoms with Crippen molar-refractivity contribution < 1.29 is 5.11 Å². The van der Waals surface area contributed by atoms with Gasteiger partial charge in [0.15, 0.2) is 0 Å². The van der Waals surface area contributed by atoms with E-state index in [-0.39, 0.29) is 6.10 Å². The maximum absolute atomic E-state index is 9.17. The molecule has 12 heavy (non-hydrogen) atoms. The van der Waals surface area contributed by atoms with E-state index in [0.29, 0.717) is 5.66 Å². The van der Waals surface area contributed by atoms with E-state index in [4.69, 9.17) is 0 Å². The molecule has 0 aliphatic carbocycles. The second kappa shape index (κ2) is 4.59. The van der Waals surface area contributed by atoms with Crippen molar-refractivity contribution in [2.75, 3.05) is 0 Å². The van der Waals surface area contributed by atoms with Crippen LogP contribution in [0.2, 0.25) is 0 Å². The van der Waals surface area contributed by atoms with Gasteiger partial charge in [0.05, 0.1) is 6.10 Å². The van der Waals surface area contributed by atoms with Gasteiger partial charge in [0.1, 0.15) is 0 Å². The molecule has 0 radical (unpaired) electrons. The van der Waals surface area contributed by atoms with Crippen LogP contribution in [0.1, 0.15) is 24.6 Å². The number of benzene rings is 1. The van der Waals surface area contributed by atoms with Gasteiger partial charge in [0.2, 0.25) is 0 Å². The lowest BCUT2D eigenvalue weighted by atomic mass is 10.1. The summed E-state index contributed by atoms with van der Waals surface area (Å²) in [5, 5.41) is 9.17. The quantitative estimate of drug-likeness (QED) is 0.711. The van der Waals surface area contributed by atoms with Crippen molar-refractivity contribution in [3.05, 3.63) is 35.9 Å². The molecule has 0 fully saturated rings. The summed E-state index contributed by atoms with van der Waals surface area (Å²) < 4.78 is 0. The Hall–Kier alpha value is -0.390. The number of hydrogen-bond acceptors (Lipinski definition) is 1. The monoisotopic (exact) mass is 182 g/mol. The highest BCUT2D eigenvalue weighted by atomic mass is 31.0. The van der Waals surface area contributed by atoms with Crippen LogP contribution in [-0.2, 0) is 0 Å². The van der Waals surface area contributed by atoms with Crippen molar-refractivity contribution in [1.29, 1.82) is 0 Å². The van der Waals surface area contributed by atoms with E-state index in [1.807, 2.05) is 25.1 Å². The number of rotatable bonds is 3. The summed E-state index contributed by atoms with van der Waals surface area (Å²) in [5.41, 5.74) is 1.63. The second-order valence-electron chi connectivity index (χ2n) is 3.10. The standard InChI is InChI=1S/C10H15OP/c1-8(11)7-10(12)9-5-3-2-4-6-9/h2-6,8,10-11H,7,12H2,1H3. The molecule has 1 N–H and O–H groups in total. The fraction of sp³-hybridized carbons (Fsp3) is 0.400. The van der Waals surface area contributed by atoms with Crippen LogP contribution in [0.3, 0.4) is 0 Å². The van der Waals surface area contributed by atoms with Crippen molar-refractivity contribution in [3.8, 4) is 0 Å². The lowest BCUT2D eigenvalue weighted by Crippen LogP contribution is -2.03. The molecule has 1 nitrogen and oxygen atoms in total. The van der Waals surface area contributed by atoms with Gasteiger partial charge in [0, 0.05) is 5.66 Å². The molecule has 0 aliphatic heterocycles. The molecule has 3 unspecified atom stereocenters. The van der Waals surface area contributed by atoms with Crippen molar-refractivity contribution >= 4 is 9.24 Å². The first-order chi connectivity index (χ1) is 5.70. The number of aliphatic hydroxyl groups excluding tert-OH is 1. The molecule has 0 heterocycles. The van der Waals surface area contributed by atoms with Gasteiger partial charge < -0.3 is 5.11 Å². The molecule has 66 valence electrons. The highest BCUT2D eigenvalue weighted by Gasteiger charge is 2.07. The largest absolute Gasteiger partial charge is 0.393 e. The molecular formula is C10H15OP. The first-order valence-electron chi connectivity index (χ1n) is 4.18. The van der Waals surface area contributed by atoms with Crippen LogP contribution in [0.25, 0.3) is 0 Å². The Labute approximate surface area is 76.0 Å². The van der Waals surface area contributed by atoms with Crippen molar-refractivity contribution in [1.82, 2.24) is 0 Å². The van der Waals surface area contributed by atoms with Crippen LogP contribution in [0.5, 0.6) is 0 Å². The number of hydrogen-bond donors (Lipinski definition) is 1. The lowest BCUT2D eigenvalue weighted by molar-refractivity contribution is 0.184. The Bertz CT molecular complexity index is 221. The van der Waals surface area contributed by atoms with Crippen LogP contribution in [0, 0.1) is 0 Å². The summed E-state index contributed by atoms with van der Waals surface area (Å²) >= 11 is 0. The molecule has 0 bridgehead atoms. The maximum atomic E-state index is 9.17. The van der Waals surface area contributed by atoms with Gasteiger partial charge in [0.25, 0.3) is 0 Å². The minimum Gasteiger partial charge on any atom is -0.393 e. The predicted molar refractivity (Wildman–Crippen MR) is 55.2 cm³/mol. The first-order valence-corrected chi connectivity index (χ1v) is 4.85. The fourth-order valence-electron chi connectivity index (χ4n) is 1.20. The van der Waals surface area contributed by atoms with E-state index in [1.165, 1.54) is 5.56 Å². The van der Waals surface area contributed by atoms with Crippen molar-refractivity contribution in [2.45, 2.75) is 25.1 Å². The molecule has 0 saturated carbocycles. The molecule has 2 heteroatoms. The molecule has 0 spiro atoms. The number of aliphatic hydroxyl groups is 1. The minimum absolute atomic E-state index is 0.229. The fourth-order valence-corrected chi connectivity index (χ4v) is 1.82. The van der Waals surface area contributed by atoms with Gasteiger partial charge in [-0.2, -0.15) is 0 Å². The van der Waals surface area contributed by atoms with E-state index in [2.05, 4.69) is 21.4 Å². The van der Waals surface area contributed by atoms with Gasteiger partial charge in [-0.3, -0.25) is 0 Å². The summed E-state index contributed by atoms with van der Waals surface area (Å²) in [5.74, 6) is 0. The smallest absolute Gasteiger partial charge is 0.0521 e. The lowest BCUT2D eigenvalue weighted by Gasteiger charge is -2.12. The van der Waals surface area contributed by atoms with Crippen LogP contribution >= 0.6 is 9.24 Å². The first kappa shape index (κ1) is 9.70. The molecule has 1 rings (SSSR count). The van der Waals surface area contributed by atoms with E-state index < -0.39 is 0 Å². The van der Waals surface area contributed by atoms with Gasteiger partial charge in [-0.05, 0) is 18.9 Å². The molecule has 0 aliphatic rings. The molecule has 0 saturated heterocycles. The van der Waals surface area contributed by atoms with E-state index in [0.717, 1.165) is 6.42 Å². The van der Waals surface area contributed by atoms with Gasteiger partial charge in [-0.25, -0.2) is 0 Å². The zero-order valence-electron chi connectivity index (χ0n) is 7.27. The Kier molecular flexibility index (Phi) is 3.71. The Morgan fingerprint density at radius 2 is 1.92 bits per heavy atom. The average Bonchev–Trinajstić information content (AvgIpc) is 2.05. The van der Waals surface area contributed by atoms with E-state index in [1.54, 1.807) is 0 Å². The van der Waals surface area contributed by atoms with E-state index in [9.17, 15) is 5.11 Å². The third-order valence-electron chi connectivity index (χ3n) is 1.82. The van der Waals surface area contributed by atoms with Gasteiger partial charge >= 0.3 is 0 Å². The molecule has 1 aromatic rings. The Morgan fingerprint density at radius 1 is 1.33 bits per heavy atom. The van der Waals surface area contributed by atoms with Gasteiger partial charge in [-0.1, -0.05) is 30.3 Å². The summed E-state index contributed by atoms with van der Waals surface area (Å²) in [6.45, 7) is 1.82. The summed E-state index contributed by atoms with van der Waals surface area (Å²) in [4.78, 5) is 0. The molecule has 0 amide bonds. The predicted octanol–water partition coefficient (Wildman–Crippen LogP) is 2.37. The Balaban J connectivity index is 2.59. The third-order valence-corrected chi connectivity index (χ3v) is 2.48. The highest BCUT2D eigenvalue weighted by Crippen LogP contribution is 2.27. The van der Waals surface area contributed by atoms with Crippen molar-refractivity contribution in [2.24, 2.45) is 0 Å². The van der Waals surface area contributed by atoms with Gasteiger partial charge in [-0.15, -0.1) is 9.24 Å². The Morgan fingerprint density at radius 3 is 2.42 bits per heavy atom. The molecule has 1 aromatic carbocycles. The van der Waals surface area contributed by atoms with Crippen molar-refractivity contribution in [3.63, 3.8) is 0 Å². The second-order valence-corrected chi connectivity index (χ2v) is 3.91. The highest BCUT2D eigenvalue weighted by molar-refractivity contribution is 7.17. The minimum atomic E-state index is -0.229. The zero-order valence-corrected chi connectivity index (χ0v) is 8.43. The SMILES string of the molecule is CC(O)CC(P)c1ccccc1. The van der Waals surface area contributed by atoms with E-state index >= 15 is 0 Å². The zero-order chi connectivity index (χ0) is 8.97. The molecule has 0 aromatic heterocycles. The molecule has 3 atom stereocenters. The normalized spacial score (nSPS) is 15.6. The topological polar surface area (TPSA) is 20.2 Å². The summed E-state index contributed by atoms with van der Waals surface area (Å²) in [6, 6.07) is 10.2. The van der Waals surface area contributed by atoms with Crippen LogP contribution in [0.4, 0.5) is 0 Å². The van der Waals surface area contributed by atoms with Crippen LogP contribution in [-0.4, -0.2) is 11.2 Å². The third kappa shape index (κ3) is 2.92. The average molecular weight is 182 g/mol. The maximum Gasteiger partial charge on any atom is 0.0521 e. The molecular weight excluding hydrogens is 167 g/mol.